The zero-order valence-corrected chi connectivity index (χ0v) is 18.4. The molecule has 3 amide bonds. The number of likely N-dealkylation sites (tertiary alicyclic amines) is 1. The quantitative estimate of drug-likeness (QED) is 0.590. The van der Waals surface area contributed by atoms with Gasteiger partial charge in [-0.05, 0) is 68.0 Å². The van der Waals surface area contributed by atoms with E-state index in [-0.39, 0.29) is 48.5 Å². The Bertz CT molecular complexity index is 1040. The van der Waals surface area contributed by atoms with E-state index in [4.69, 9.17) is 4.74 Å². The van der Waals surface area contributed by atoms with Gasteiger partial charge >= 0.3 is 6.61 Å². The second kappa shape index (κ2) is 10.6. The van der Waals surface area contributed by atoms with Gasteiger partial charge in [0, 0.05) is 24.4 Å². The highest BCUT2D eigenvalue weighted by molar-refractivity contribution is 6.04. The van der Waals surface area contributed by atoms with Crippen molar-refractivity contribution in [3.8, 4) is 11.5 Å². The van der Waals surface area contributed by atoms with Crippen molar-refractivity contribution in [3.05, 3.63) is 53.9 Å². The number of hydrogen-bond donors (Lipinski definition) is 1. The second-order valence-corrected chi connectivity index (χ2v) is 8.30. The molecule has 1 aliphatic carbocycles. The van der Waals surface area contributed by atoms with Gasteiger partial charge in [-0.25, -0.2) is 0 Å². The van der Waals surface area contributed by atoms with Gasteiger partial charge in [0.2, 0.25) is 5.91 Å². The fraction of sp³-hybridized carbons (Fsp3) is 0.417. The lowest BCUT2D eigenvalue weighted by Gasteiger charge is -2.31. The summed E-state index contributed by atoms with van der Waals surface area (Å²) in [5, 5.41) is 2.66. The summed E-state index contributed by atoms with van der Waals surface area (Å²) in [4.78, 5) is 43.2. The third-order valence-corrected chi connectivity index (χ3v) is 5.93. The van der Waals surface area contributed by atoms with Crippen molar-refractivity contribution in [2.45, 2.75) is 63.8 Å². The van der Waals surface area contributed by atoms with E-state index in [1.165, 1.54) is 18.2 Å². The molecule has 1 N–H and O–H groups in total. The molecule has 2 fully saturated rings. The highest BCUT2D eigenvalue weighted by Crippen LogP contribution is 2.33. The smallest absolute Gasteiger partial charge is 0.387 e. The average molecular weight is 473 g/mol. The molecule has 1 aliphatic heterocycles. The van der Waals surface area contributed by atoms with Crippen molar-refractivity contribution in [2.75, 3.05) is 0 Å². The molecule has 1 saturated carbocycles. The summed E-state index contributed by atoms with van der Waals surface area (Å²) < 4.78 is 36.0. The Morgan fingerprint density at radius 3 is 2.53 bits per heavy atom. The second-order valence-electron chi connectivity index (χ2n) is 8.30. The summed E-state index contributed by atoms with van der Waals surface area (Å²) in [5.74, 6) is -1.48. The van der Waals surface area contributed by atoms with Gasteiger partial charge in [0.25, 0.3) is 11.8 Å². The summed E-state index contributed by atoms with van der Waals surface area (Å²) in [6.07, 6.45) is 6.84. The number of imide groups is 1. The monoisotopic (exact) mass is 473 g/mol. The lowest BCUT2D eigenvalue weighted by Crippen LogP contribution is -2.54. The number of alkyl halides is 2. The number of aromatic nitrogens is 1. The van der Waals surface area contributed by atoms with Crippen LogP contribution in [-0.2, 0) is 16.1 Å². The molecule has 4 rings (SSSR count). The van der Waals surface area contributed by atoms with E-state index in [9.17, 15) is 23.2 Å². The molecule has 0 bridgehead atoms. The number of nitrogens with one attached hydrogen (secondary N) is 1. The van der Waals surface area contributed by atoms with Crippen LogP contribution in [0, 0.1) is 0 Å². The SMILES string of the molecule is O=C(N[C@H]1CCC(=O)N(Cc2ccncc2)C1=O)c1ccc(OC(F)F)c(OC2CCCC2)c1. The van der Waals surface area contributed by atoms with Crippen molar-refractivity contribution in [1.82, 2.24) is 15.2 Å². The maximum atomic E-state index is 12.9. The van der Waals surface area contributed by atoms with Crippen LogP contribution in [0.15, 0.2) is 42.7 Å². The number of piperidine rings is 1. The zero-order valence-electron chi connectivity index (χ0n) is 18.4. The van der Waals surface area contributed by atoms with Gasteiger partial charge in [-0.15, -0.1) is 0 Å². The number of pyridine rings is 1. The van der Waals surface area contributed by atoms with Gasteiger partial charge in [0.1, 0.15) is 6.04 Å². The van der Waals surface area contributed by atoms with Crippen molar-refractivity contribution < 1.29 is 32.6 Å². The van der Waals surface area contributed by atoms with Crippen LogP contribution >= 0.6 is 0 Å². The first-order valence-corrected chi connectivity index (χ1v) is 11.2. The Balaban J connectivity index is 1.47. The molecule has 34 heavy (non-hydrogen) atoms. The molecule has 2 heterocycles. The number of ether oxygens (including phenoxy) is 2. The number of amides is 3. The van der Waals surface area contributed by atoms with E-state index in [0.29, 0.717) is 0 Å². The Kier molecular flexibility index (Phi) is 7.34. The first-order chi connectivity index (χ1) is 16.4. The minimum Gasteiger partial charge on any atom is -0.487 e. The van der Waals surface area contributed by atoms with Crippen LogP contribution in [0.25, 0.3) is 0 Å². The normalized spacial score (nSPS) is 18.9. The fourth-order valence-corrected chi connectivity index (χ4v) is 4.17. The third-order valence-electron chi connectivity index (χ3n) is 5.93. The molecule has 1 saturated heterocycles. The maximum Gasteiger partial charge on any atom is 0.387 e. The topological polar surface area (TPSA) is 97.8 Å². The number of carbonyl (C=O) groups is 3. The lowest BCUT2D eigenvalue weighted by atomic mass is 10.0. The van der Waals surface area contributed by atoms with Crippen molar-refractivity contribution >= 4 is 17.7 Å². The lowest BCUT2D eigenvalue weighted by molar-refractivity contribution is -0.150. The average Bonchev–Trinajstić information content (AvgIpc) is 3.33. The van der Waals surface area contributed by atoms with Crippen LogP contribution in [0.1, 0.15) is 54.4 Å². The fourth-order valence-electron chi connectivity index (χ4n) is 4.17. The minimum atomic E-state index is -3.03. The number of rotatable bonds is 8. The Hall–Kier alpha value is -3.56. The Morgan fingerprint density at radius 2 is 1.82 bits per heavy atom. The minimum absolute atomic E-state index is 0.0595. The van der Waals surface area contributed by atoms with E-state index in [1.54, 1.807) is 24.5 Å². The summed E-state index contributed by atoms with van der Waals surface area (Å²) in [7, 11) is 0. The number of benzene rings is 1. The molecular weight excluding hydrogens is 448 g/mol. The molecule has 2 aliphatic rings. The standard InChI is InChI=1S/C24H25F2N3O5/c25-24(26)34-19-7-5-16(13-20(19)33-17-3-1-2-4-17)22(31)28-18-6-8-21(30)29(23(18)32)14-15-9-11-27-12-10-15/h5,7,9-13,17-18,24H,1-4,6,8,14H2,(H,28,31)/t18-/m0/s1. The van der Waals surface area contributed by atoms with Crippen LogP contribution in [-0.4, -0.2) is 46.4 Å². The van der Waals surface area contributed by atoms with E-state index in [0.717, 1.165) is 36.1 Å². The molecule has 2 aromatic rings. The van der Waals surface area contributed by atoms with Gasteiger partial charge in [-0.3, -0.25) is 24.3 Å². The van der Waals surface area contributed by atoms with Gasteiger partial charge in [0.05, 0.1) is 12.6 Å². The molecule has 0 spiro atoms. The highest BCUT2D eigenvalue weighted by atomic mass is 19.3. The van der Waals surface area contributed by atoms with Gasteiger partial charge in [-0.1, -0.05) is 0 Å². The third kappa shape index (κ3) is 5.67. The summed E-state index contributed by atoms with van der Waals surface area (Å²) in [6, 6.07) is 6.46. The largest absolute Gasteiger partial charge is 0.487 e. The predicted octanol–water partition coefficient (Wildman–Crippen LogP) is 3.45. The molecule has 1 aromatic carbocycles. The Labute approximate surface area is 195 Å². The molecule has 0 radical (unpaired) electrons. The predicted molar refractivity (Wildman–Crippen MR) is 116 cm³/mol. The summed E-state index contributed by atoms with van der Waals surface area (Å²) in [6.45, 7) is -2.94. The molecule has 8 nitrogen and oxygen atoms in total. The molecule has 1 atom stereocenters. The number of nitrogens with zero attached hydrogens (tertiary/aromatic N) is 2. The zero-order chi connectivity index (χ0) is 24.1. The summed E-state index contributed by atoms with van der Waals surface area (Å²) in [5.41, 5.74) is 0.881. The molecule has 10 heteroatoms. The van der Waals surface area contributed by atoms with Crippen molar-refractivity contribution in [1.29, 1.82) is 0 Å². The van der Waals surface area contributed by atoms with Crippen LogP contribution in [0.3, 0.4) is 0 Å². The van der Waals surface area contributed by atoms with E-state index in [1.807, 2.05) is 0 Å². The number of hydrogen-bond acceptors (Lipinski definition) is 6. The van der Waals surface area contributed by atoms with Crippen molar-refractivity contribution in [3.63, 3.8) is 0 Å². The van der Waals surface area contributed by atoms with Crippen LogP contribution in [0.5, 0.6) is 11.5 Å². The van der Waals surface area contributed by atoms with E-state index < -0.39 is 24.5 Å². The molecule has 1 aromatic heterocycles. The first-order valence-electron chi connectivity index (χ1n) is 11.2. The molecular formula is C24H25F2N3O5. The van der Waals surface area contributed by atoms with Gasteiger partial charge in [0.15, 0.2) is 11.5 Å². The summed E-state index contributed by atoms with van der Waals surface area (Å²) >= 11 is 0. The number of halogens is 2. The van der Waals surface area contributed by atoms with E-state index >= 15 is 0 Å². The van der Waals surface area contributed by atoms with Crippen LogP contribution in [0.2, 0.25) is 0 Å². The molecule has 0 unspecified atom stereocenters. The van der Waals surface area contributed by atoms with Crippen LogP contribution < -0.4 is 14.8 Å². The Morgan fingerprint density at radius 1 is 1.09 bits per heavy atom. The van der Waals surface area contributed by atoms with Crippen LogP contribution in [0.4, 0.5) is 8.78 Å². The van der Waals surface area contributed by atoms with Crippen molar-refractivity contribution in [2.24, 2.45) is 0 Å². The maximum absolute atomic E-state index is 12.9. The van der Waals surface area contributed by atoms with Gasteiger partial charge < -0.3 is 14.8 Å². The first kappa shape index (κ1) is 23.6. The van der Waals surface area contributed by atoms with Gasteiger partial charge in [-0.2, -0.15) is 8.78 Å². The number of carbonyl (C=O) groups excluding carboxylic acids is 3. The molecule has 180 valence electrons. The van der Waals surface area contributed by atoms with E-state index in [2.05, 4.69) is 15.0 Å². The highest BCUT2D eigenvalue weighted by Gasteiger charge is 2.35.